The first-order valence-electron chi connectivity index (χ1n) is 7.03. The molecule has 0 atom stereocenters. The van der Waals surface area contributed by atoms with Crippen LogP contribution in [0.4, 0.5) is 0 Å². The summed E-state index contributed by atoms with van der Waals surface area (Å²) in [4.78, 5) is 13.4. The van der Waals surface area contributed by atoms with Gasteiger partial charge in [0.15, 0.2) is 0 Å². The quantitative estimate of drug-likeness (QED) is 0.859. The van der Waals surface area contributed by atoms with Crippen molar-refractivity contribution in [3.63, 3.8) is 0 Å². The molecule has 1 aromatic heterocycles. The molecule has 0 radical (unpaired) electrons. The van der Waals surface area contributed by atoms with Crippen LogP contribution in [0.15, 0.2) is 6.20 Å². The van der Waals surface area contributed by atoms with Crippen LogP contribution >= 0.6 is 0 Å². The first-order valence-corrected chi connectivity index (χ1v) is 7.03. The highest BCUT2D eigenvalue weighted by molar-refractivity contribution is 5.75. The predicted octanol–water partition coefficient (Wildman–Crippen LogP) is 1.97. The summed E-state index contributed by atoms with van der Waals surface area (Å²) < 4.78 is 1.91. The van der Waals surface area contributed by atoms with Gasteiger partial charge in [-0.25, -0.2) is 0 Å². The number of carbonyl (C=O) groups is 1. The number of aliphatic hydroxyl groups is 1. The van der Waals surface area contributed by atoms with Crippen LogP contribution in [0.3, 0.4) is 0 Å². The first-order chi connectivity index (χ1) is 9.13. The topological polar surface area (TPSA) is 58.4 Å². The Hall–Kier alpha value is -1.36. The average molecular weight is 269 g/mol. The molecule has 5 nitrogen and oxygen atoms in total. The lowest BCUT2D eigenvalue weighted by atomic mass is 10.2. The molecule has 0 saturated heterocycles. The summed E-state index contributed by atoms with van der Waals surface area (Å²) in [6, 6.07) is 0. The monoisotopic (exact) mass is 269 g/mol. The van der Waals surface area contributed by atoms with Crippen LogP contribution < -0.4 is 0 Å². The molecule has 19 heavy (non-hydrogen) atoms. The van der Waals surface area contributed by atoms with E-state index >= 15 is 0 Å². The Balaban J connectivity index is 0.00000154. The molecule has 0 saturated carbocycles. The summed E-state index contributed by atoms with van der Waals surface area (Å²) in [6.07, 6.45) is 2.26. The van der Waals surface area contributed by atoms with Gasteiger partial charge in [-0.15, -0.1) is 0 Å². The summed E-state index contributed by atoms with van der Waals surface area (Å²) >= 11 is 0. The van der Waals surface area contributed by atoms with Gasteiger partial charge in [0.25, 0.3) is 0 Å². The number of carbonyl (C=O) groups excluding carboxylic acids is 1. The molecule has 1 amide bonds. The molecule has 5 heteroatoms. The fraction of sp³-hybridized carbons (Fsp3) is 0.714. The Bertz CT molecular complexity index is 375. The Morgan fingerprint density at radius 2 is 2.05 bits per heavy atom. The third-order valence-electron chi connectivity index (χ3n) is 2.89. The number of aliphatic hydroxyl groups excluding tert-OH is 1. The second-order valence-electron chi connectivity index (χ2n) is 3.96. The molecule has 0 spiro atoms. The van der Waals surface area contributed by atoms with Crippen LogP contribution in [0.5, 0.6) is 0 Å². The molecule has 1 rings (SSSR count). The molecular weight excluding hydrogens is 242 g/mol. The van der Waals surface area contributed by atoms with Gasteiger partial charge in [0.05, 0.1) is 12.8 Å². The van der Waals surface area contributed by atoms with Crippen molar-refractivity contribution in [1.29, 1.82) is 0 Å². The van der Waals surface area contributed by atoms with Crippen molar-refractivity contribution in [1.82, 2.24) is 14.7 Å². The molecule has 0 aliphatic rings. The van der Waals surface area contributed by atoms with E-state index in [0.29, 0.717) is 19.5 Å². The maximum Gasteiger partial charge on any atom is 0.222 e. The van der Waals surface area contributed by atoms with Crippen molar-refractivity contribution < 1.29 is 9.90 Å². The van der Waals surface area contributed by atoms with Crippen LogP contribution in [0.25, 0.3) is 0 Å². The fourth-order valence-corrected chi connectivity index (χ4v) is 1.80. The minimum absolute atomic E-state index is 0.00724. The minimum atomic E-state index is -0.00724. The van der Waals surface area contributed by atoms with E-state index in [9.17, 15) is 4.79 Å². The number of aromatic nitrogens is 2. The molecule has 0 fully saturated rings. The zero-order chi connectivity index (χ0) is 14.8. The number of nitrogens with zero attached hydrogens (tertiary/aromatic N) is 3. The van der Waals surface area contributed by atoms with E-state index in [1.165, 1.54) is 0 Å². The van der Waals surface area contributed by atoms with Crippen molar-refractivity contribution >= 4 is 5.91 Å². The number of rotatable bonds is 6. The highest BCUT2D eigenvalue weighted by atomic mass is 16.3. The Morgan fingerprint density at radius 1 is 1.42 bits per heavy atom. The van der Waals surface area contributed by atoms with Crippen LogP contribution in [0.2, 0.25) is 0 Å². The van der Waals surface area contributed by atoms with Gasteiger partial charge >= 0.3 is 0 Å². The molecule has 1 aromatic rings. The Morgan fingerprint density at radius 3 is 2.47 bits per heavy atom. The van der Waals surface area contributed by atoms with Gasteiger partial charge in [-0.3, -0.25) is 9.48 Å². The van der Waals surface area contributed by atoms with E-state index < -0.39 is 0 Å². The number of aryl methyl sites for hydroxylation is 1. The zero-order valence-corrected chi connectivity index (χ0v) is 12.8. The van der Waals surface area contributed by atoms with E-state index in [1.807, 2.05) is 39.3 Å². The second kappa shape index (κ2) is 9.55. The standard InChI is InChI=1S/C12H21N3O2.C2H6/c1-4-12(17)14(6-7-16)9-11-8-13-15(5-2)10(11)3;1-2/h8,16H,4-7,9H2,1-3H3;1-2H3. The van der Waals surface area contributed by atoms with Gasteiger partial charge in [-0.1, -0.05) is 20.8 Å². The van der Waals surface area contributed by atoms with Crippen LogP contribution in [0.1, 0.15) is 45.4 Å². The molecule has 110 valence electrons. The van der Waals surface area contributed by atoms with Crippen molar-refractivity contribution in [3.05, 3.63) is 17.5 Å². The lowest BCUT2D eigenvalue weighted by molar-refractivity contribution is -0.132. The number of hydrogen-bond acceptors (Lipinski definition) is 3. The van der Waals surface area contributed by atoms with E-state index in [-0.39, 0.29) is 12.5 Å². The first kappa shape index (κ1) is 17.6. The molecule has 0 bridgehead atoms. The van der Waals surface area contributed by atoms with Gasteiger partial charge in [-0.05, 0) is 13.8 Å². The number of amides is 1. The van der Waals surface area contributed by atoms with Gasteiger partial charge in [-0.2, -0.15) is 5.10 Å². The third kappa shape index (κ3) is 5.03. The molecule has 1 heterocycles. The molecule has 1 N–H and O–H groups in total. The summed E-state index contributed by atoms with van der Waals surface area (Å²) in [5.74, 6) is 0.0581. The minimum Gasteiger partial charge on any atom is -0.395 e. The Kier molecular flexibility index (Phi) is 8.87. The van der Waals surface area contributed by atoms with Crippen molar-refractivity contribution in [2.45, 2.75) is 54.1 Å². The smallest absolute Gasteiger partial charge is 0.222 e. The molecule has 0 aromatic carbocycles. The van der Waals surface area contributed by atoms with Crippen LogP contribution in [0, 0.1) is 6.92 Å². The van der Waals surface area contributed by atoms with E-state index in [0.717, 1.165) is 17.8 Å². The van der Waals surface area contributed by atoms with E-state index in [4.69, 9.17) is 5.11 Å². The molecular formula is C14H27N3O2. The van der Waals surface area contributed by atoms with E-state index in [2.05, 4.69) is 5.10 Å². The third-order valence-corrected chi connectivity index (χ3v) is 2.89. The van der Waals surface area contributed by atoms with Gasteiger partial charge in [0, 0.05) is 37.3 Å². The van der Waals surface area contributed by atoms with Crippen LogP contribution in [-0.2, 0) is 17.9 Å². The predicted molar refractivity (Wildman–Crippen MR) is 76.8 cm³/mol. The normalized spacial score (nSPS) is 9.79. The van der Waals surface area contributed by atoms with E-state index in [1.54, 1.807) is 11.1 Å². The lowest BCUT2D eigenvalue weighted by Crippen LogP contribution is -2.32. The average Bonchev–Trinajstić information content (AvgIpc) is 2.80. The van der Waals surface area contributed by atoms with Crippen molar-refractivity contribution in [2.75, 3.05) is 13.2 Å². The largest absolute Gasteiger partial charge is 0.395 e. The summed E-state index contributed by atoms with van der Waals surface area (Å²) in [7, 11) is 0. The molecule has 0 aliphatic carbocycles. The highest BCUT2D eigenvalue weighted by Crippen LogP contribution is 2.11. The maximum absolute atomic E-state index is 11.7. The summed E-state index contributed by atoms with van der Waals surface area (Å²) in [5.41, 5.74) is 2.13. The lowest BCUT2D eigenvalue weighted by Gasteiger charge is -2.20. The summed E-state index contributed by atoms with van der Waals surface area (Å²) in [5, 5.41) is 13.2. The maximum atomic E-state index is 11.7. The second-order valence-corrected chi connectivity index (χ2v) is 3.96. The van der Waals surface area contributed by atoms with Crippen molar-refractivity contribution in [2.24, 2.45) is 0 Å². The molecule has 0 unspecified atom stereocenters. The Labute approximate surface area is 116 Å². The number of hydrogen-bond donors (Lipinski definition) is 1. The highest BCUT2D eigenvalue weighted by Gasteiger charge is 2.14. The van der Waals surface area contributed by atoms with Gasteiger partial charge in [0.2, 0.25) is 5.91 Å². The fourth-order valence-electron chi connectivity index (χ4n) is 1.80. The SMILES string of the molecule is CC.CCC(=O)N(CCO)Cc1cnn(CC)c1C. The van der Waals surface area contributed by atoms with Gasteiger partial charge in [0.1, 0.15) is 0 Å². The van der Waals surface area contributed by atoms with Crippen LogP contribution in [-0.4, -0.2) is 38.8 Å². The molecule has 0 aliphatic heterocycles. The van der Waals surface area contributed by atoms with Crippen molar-refractivity contribution in [3.8, 4) is 0 Å². The van der Waals surface area contributed by atoms with Gasteiger partial charge < -0.3 is 10.0 Å². The summed E-state index contributed by atoms with van der Waals surface area (Å²) in [6.45, 7) is 11.6. The zero-order valence-electron chi connectivity index (χ0n) is 12.8.